The lowest BCUT2D eigenvalue weighted by molar-refractivity contribution is -0.384. The number of hydrogen-bond donors (Lipinski definition) is 0. The topological polar surface area (TPSA) is 80.5 Å². The molecule has 41 heavy (non-hydrogen) atoms. The fraction of sp³-hybridized carbons (Fsp3) is 0.371. The molecule has 1 aliphatic rings. The summed E-state index contributed by atoms with van der Waals surface area (Å²) in [7, 11) is 0. The first-order valence-corrected chi connectivity index (χ1v) is 15.2. The van der Waals surface area contributed by atoms with Crippen molar-refractivity contribution in [3.8, 4) is 0 Å². The van der Waals surface area contributed by atoms with Gasteiger partial charge in [-0.25, -0.2) is 0 Å². The first-order valence-electron chi connectivity index (χ1n) is 15.2. The Morgan fingerprint density at radius 2 is 1.32 bits per heavy atom. The summed E-state index contributed by atoms with van der Waals surface area (Å²) in [6.45, 7) is 4.32. The minimum atomic E-state index is -0.522. The van der Waals surface area contributed by atoms with Gasteiger partial charge in [0.1, 0.15) is 5.56 Å². The Labute approximate surface area is 239 Å². The van der Waals surface area contributed by atoms with E-state index in [1.807, 2.05) is 36.4 Å². The Morgan fingerprint density at radius 3 is 1.93 bits per heavy atom. The summed E-state index contributed by atoms with van der Waals surface area (Å²) >= 11 is 0. The zero-order valence-electron chi connectivity index (χ0n) is 23.9. The van der Waals surface area contributed by atoms with Gasteiger partial charge in [0.2, 0.25) is 0 Å². The third-order valence-corrected chi connectivity index (χ3v) is 8.97. The maximum absolute atomic E-state index is 14.3. The van der Waals surface area contributed by atoms with Crippen LogP contribution in [0.5, 0.6) is 0 Å². The van der Waals surface area contributed by atoms with Gasteiger partial charge >= 0.3 is 0 Å². The molecule has 0 unspecified atom stereocenters. The molecule has 0 spiro atoms. The summed E-state index contributed by atoms with van der Waals surface area (Å²) in [4.78, 5) is 42.0. The highest BCUT2D eigenvalue weighted by Gasteiger charge is 2.42. The Kier molecular flexibility index (Phi) is 7.33. The third-order valence-electron chi connectivity index (χ3n) is 8.97. The fourth-order valence-electron chi connectivity index (χ4n) is 7.01. The first kappa shape index (κ1) is 27.1. The molecule has 0 saturated heterocycles. The van der Waals surface area contributed by atoms with Crippen molar-refractivity contribution in [1.82, 2.24) is 4.90 Å². The Balaban J connectivity index is 1.57. The standard InChI is InChI=1S/C35H36N2O4/c1-3-5-7-9-15-23(16-10-8-6-4-2)36-34(38)27-20-19-26-24-17-11-13-22-14-12-18-25(30(22)24)28-21-29(37(40)41)33(35(36)39)32(27)31(26)28/h11-14,17-21,23H,3-10,15-16H2,1-2H3. The maximum Gasteiger partial charge on any atom is 0.283 e. The van der Waals surface area contributed by atoms with Gasteiger partial charge in [-0.3, -0.25) is 24.6 Å². The molecule has 1 aliphatic heterocycles. The predicted molar refractivity (Wildman–Crippen MR) is 166 cm³/mol. The van der Waals surface area contributed by atoms with E-state index in [1.54, 1.807) is 12.1 Å². The van der Waals surface area contributed by atoms with Crippen LogP contribution in [0, 0.1) is 10.1 Å². The van der Waals surface area contributed by atoms with E-state index in [-0.39, 0.29) is 23.2 Å². The van der Waals surface area contributed by atoms with Gasteiger partial charge in [-0.2, -0.15) is 0 Å². The smallest absolute Gasteiger partial charge is 0.271 e. The monoisotopic (exact) mass is 548 g/mol. The quantitative estimate of drug-likeness (QED) is 0.0388. The highest BCUT2D eigenvalue weighted by atomic mass is 16.6. The molecule has 5 aromatic rings. The van der Waals surface area contributed by atoms with Crippen LogP contribution in [0.25, 0.3) is 43.1 Å². The molecule has 0 bridgehead atoms. The SMILES string of the molecule is CCCCCCC(CCCCCC)N1C(=O)c2ccc3c4cccc5cccc(c6cc([N+](=O)[O-])c(c2c36)C1=O)c54. The Morgan fingerprint density at radius 1 is 0.707 bits per heavy atom. The highest BCUT2D eigenvalue weighted by molar-refractivity contribution is 6.39. The van der Waals surface area contributed by atoms with Gasteiger partial charge in [-0.05, 0) is 56.6 Å². The number of imide groups is 1. The number of nitro benzene ring substituents is 1. The van der Waals surface area contributed by atoms with Gasteiger partial charge in [-0.15, -0.1) is 0 Å². The molecule has 6 nitrogen and oxygen atoms in total. The van der Waals surface area contributed by atoms with Crippen molar-refractivity contribution < 1.29 is 14.5 Å². The zero-order chi connectivity index (χ0) is 28.7. The summed E-state index contributed by atoms with van der Waals surface area (Å²) in [6.07, 6.45) is 9.80. The minimum Gasteiger partial charge on any atom is -0.271 e. The number of unbranched alkanes of at least 4 members (excludes halogenated alkanes) is 6. The minimum absolute atomic E-state index is 0.0591. The van der Waals surface area contributed by atoms with Crippen molar-refractivity contribution in [3.05, 3.63) is 75.8 Å². The number of rotatable bonds is 12. The average Bonchev–Trinajstić information content (AvgIpc) is 2.98. The van der Waals surface area contributed by atoms with Gasteiger partial charge in [0.05, 0.1) is 4.92 Å². The summed E-state index contributed by atoms with van der Waals surface area (Å²) < 4.78 is 0. The van der Waals surface area contributed by atoms with Crippen LogP contribution in [0.3, 0.4) is 0 Å². The molecule has 0 aromatic heterocycles. The third kappa shape index (κ3) is 4.41. The van der Waals surface area contributed by atoms with Crippen LogP contribution in [0.2, 0.25) is 0 Å². The van der Waals surface area contributed by atoms with E-state index in [2.05, 4.69) is 19.9 Å². The van der Waals surface area contributed by atoms with E-state index >= 15 is 0 Å². The zero-order valence-corrected chi connectivity index (χ0v) is 23.9. The van der Waals surface area contributed by atoms with E-state index < -0.39 is 10.8 Å². The second-order valence-corrected chi connectivity index (χ2v) is 11.5. The summed E-state index contributed by atoms with van der Waals surface area (Å²) in [5.74, 6) is -0.848. The molecule has 0 fully saturated rings. The molecule has 2 amide bonds. The normalized spacial score (nSPS) is 13.6. The molecule has 5 aromatic carbocycles. The van der Waals surface area contributed by atoms with E-state index in [0.29, 0.717) is 16.3 Å². The van der Waals surface area contributed by atoms with E-state index in [1.165, 1.54) is 4.90 Å². The molecule has 0 aliphatic carbocycles. The van der Waals surface area contributed by atoms with Gasteiger partial charge in [0.15, 0.2) is 0 Å². The van der Waals surface area contributed by atoms with Crippen LogP contribution in [-0.2, 0) is 0 Å². The summed E-state index contributed by atoms with van der Waals surface area (Å²) in [6, 6.07) is 17.1. The molecular formula is C35H36N2O4. The summed E-state index contributed by atoms with van der Waals surface area (Å²) in [5, 5.41) is 19.4. The lowest BCUT2D eigenvalue weighted by atomic mass is 9.83. The Bertz CT molecular complexity index is 1790. The van der Waals surface area contributed by atoms with Crippen LogP contribution < -0.4 is 0 Å². The number of fused-ring (bicyclic) bond motifs is 2. The number of nitro groups is 1. The number of carbonyl (C=O) groups excluding carboxylic acids is 2. The molecule has 0 N–H and O–H groups in total. The van der Waals surface area contributed by atoms with Crippen LogP contribution >= 0.6 is 0 Å². The maximum atomic E-state index is 14.3. The number of benzene rings is 5. The van der Waals surface area contributed by atoms with E-state index in [4.69, 9.17) is 0 Å². The predicted octanol–water partition coefficient (Wildman–Crippen LogP) is 9.55. The second kappa shape index (κ2) is 11.1. The average molecular weight is 549 g/mol. The molecule has 0 saturated carbocycles. The Hall–Kier alpha value is -4.06. The number of carbonyl (C=O) groups is 2. The van der Waals surface area contributed by atoms with Gasteiger partial charge in [0, 0.05) is 23.1 Å². The molecule has 210 valence electrons. The molecule has 0 atom stereocenters. The molecular weight excluding hydrogens is 512 g/mol. The van der Waals surface area contributed by atoms with Crippen molar-refractivity contribution in [3.63, 3.8) is 0 Å². The van der Waals surface area contributed by atoms with Crippen LogP contribution in [0.4, 0.5) is 5.69 Å². The van der Waals surface area contributed by atoms with Crippen molar-refractivity contribution in [2.75, 3.05) is 0 Å². The number of nitrogens with zero attached hydrogens (tertiary/aromatic N) is 2. The van der Waals surface area contributed by atoms with Crippen molar-refractivity contribution in [2.45, 2.75) is 84.1 Å². The van der Waals surface area contributed by atoms with E-state index in [9.17, 15) is 19.7 Å². The van der Waals surface area contributed by atoms with Crippen molar-refractivity contribution in [1.29, 1.82) is 0 Å². The number of hydrogen-bond acceptors (Lipinski definition) is 4. The van der Waals surface area contributed by atoms with Gasteiger partial charge < -0.3 is 0 Å². The summed E-state index contributed by atoms with van der Waals surface area (Å²) in [5.41, 5.74) is 0.228. The fourth-order valence-corrected chi connectivity index (χ4v) is 7.01. The van der Waals surface area contributed by atoms with Crippen LogP contribution in [0.15, 0.2) is 54.6 Å². The van der Waals surface area contributed by atoms with Gasteiger partial charge in [-0.1, -0.05) is 108 Å². The number of amides is 2. The van der Waals surface area contributed by atoms with Crippen molar-refractivity contribution in [2.24, 2.45) is 0 Å². The second-order valence-electron chi connectivity index (χ2n) is 11.5. The van der Waals surface area contributed by atoms with Crippen LogP contribution in [-0.4, -0.2) is 27.7 Å². The molecule has 1 heterocycles. The molecule has 0 radical (unpaired) electrons. The van der Waals surface area contributed by atoms with Crippen LogP contribution in [0.1, 0.15) is 98.8 Å². The molecule has 6 heteroatoms. The lowest BCUT2D eigenvalue weighted by Gasteiger charge is -2.34. The largest absolute Gasteiger partial charge is 0.283 e. The molecule has 6 rings (SSSR count). The van der Waals surface area contributed by atoms with Crippen molar-refractivity contribution >= 4 is 60.6 Å². The first-order chi connectivity index (χ1) is 20.0. The van der Waals surface area contributed by atoms with Gasteiger partial charge in [0.25, 0.3) is 17.5 Å². The highest BCUT2D eigenvalue weighted by Crippen LogP contribution is 2.47. The van der Waals surface area contributed by atoms with E-state index in [0.717, 1.165) is 96.5 Å². The lowest BCUT2D eigenvalue weighted by Crippen LogP contribution is -2.47.